The Balaban J connectivity index is 2.30. The van der Waals surface area contributed by atoms with E-state index >= 15 is 0 Å². The highest BCUT2D eigenvalue weighted by atomic mass is 32.1. The highest BCUT2D eigenvalue weighted by Gasteiger charge is 2.22. The molecule has 1 aromatic carbocycles. The summed E-state index contributed by atoms with van der Waals surface area (Å²) in [4.78, 5) is 12.8. The van der Waals surface area contributed by atoms with Gasteiger partial charge in [0.15, 0.2) is 0 Å². The molecule has 0 atom stereocenters. The smallest absolute Gasteiger partial charge is 0.263 e. The molecular formula is C18H24N2O3S. The minimum atomic E-state index is -0.258. The fraction of sp³-hybridized carbons (Fsp3) is 0.444. The Morgan fingerprint density at radius 3 is 2.21 bits per heavy atom. The van der Waals surface area contributed by atoms with E-state index in [1.807, 2.05) is 26.0 Å². The molecule has 1 amide bonds. The predicted octanol–water partition coefficient (Wildman–Crippen LogP) is 4.49. The summed E-state index contributed by atoms with van der Waals surface area (Å²) >= 11 is 1.27. The topological polar surface area (TPSA) is 60.5 Å². The maximum Gasteiger partial charge on any atom is 0.263 e. The molecule has 0 unspecified atom stereocenters. The highest BCUT2D eigenvalue weighted by molar-refractivity contribution is 7.10. The van der Waals surface area contributed by atoms with Gasteiger partial charge in [0.05, 0.1) is 18.9 Å². The number of anilines is 1. The van der Waals surface area contributed by atoms with E-state index in [-0.39, 0.29) is 11.3 Å². The molecule has 0 aliphatic heterocycles. The molecule has 130 valence electrons. The van der Waals surface area contributed by atoms with Crippen molar-refractivity contribution in [2.45, 2.75) is 40.0 Å². The van der Waals surface area contributed by atoms with Gasteiger partial charge in [-0.1, -0.05) is 26.8 Å². The molecule has 0 aliphatic rings. The zero-order chi connectivity index (χ0) is 17.7. The molecule has 0 spiro atoms. The maximum atomic E-state index is 12.8. The average Bonchev–Trinajstić information content (AvgIpc) is 2.96. The van der Waals surface area contributed by atoms with Crippen LogP contribution >= 0.6 is 11.5 Å². The Hall–Kier alpha value is -2.08. The summed E-state index contributed by atoms with van der Waals surface area (Å²) in [7, 11) is 0. The van der Waals surface area contributed by atoms with Crippen molar-refractivity contribution in [3.8, 4) is 11.5 Å². The quantitative estimate of drug-likeness (QED) is 0.835. The summed E-state index contributed by atoms with van der Waals surface area (Å²) in [6.45, 7) is 11.0. The molecule has 0 bridgehead atoms. The molecule has 0 fully saturated rings. The number of ether oxygens (including phenoxy) is 2. The van der Waals surface area contributed by atoms with Gasteiger partial charge in [-0.25, -0.2) is 0 Å². The van der Waals surface area contributed by atoms with Gasteiger partial charge < -0.3 is 14.8 Å². The molecule has 2 aromatic rings. The summed E-state index contributed by atoms with van der Waals surface area (Å²) in [5.74, 6) is 0.773. The van der Waals surface area contributed by atoms with Crippen molar-refractivity contribution in [3.05, 3.63) is 35.5 Å². The van der Waals surface area contributed by atoms with Crippen LogP contribution in [0.25, 0.3) is 0 Å². The Bertz CT molecular complexity index is 680. The number of amides is 1. The first-order chi connectivity index (χ1) is 11.4. The highest BCUT2D eigenvalue weighted by Crippen LogP contribution is 2.31. The predicted molar refractivity (Wildman–Crippen MR) is 97.5 cm³/mol. The summed E-state index contributed by atoms with van der Waals surface area (Å²) in [6, 6.07) is 7.27. The number of hydrogen-bond acceptors (Lipinski definition) is 5. The molecule has 6 heteroatoms. The monoisotopic (exact) mass is 348 g/mol. The Morgan fingerprint density at radius 2 is 1.75 bits per heavy atom. The summed E-state index contributed by atoms with van der Waals surface area (Å²) in [6.07, 6.45) is 0. The fourth-order valence-electron chi connectivity index (χ4n) is 2.15. The SMILES string of the molecule is CCOc1cccc(OCC)c1C(=O)Nc1cc(C(C)(C)C)ns1. The van der Waals surface area contributed by atoms with Crippen molar-refractivity contribution < 1.29 is 14.3 Å². The minimum Gasteiger partial charge on any atom is -0.493 e. The van der Waals surface area contributed by atoms with Crippen LogP contribution in [0.4, 0.5) is 5.00 Å². The zero-order valence-electron chi connectivity index (χ0n) is 14.8. The molecular weight excluding hydrogens is 324 g/mol. The zero-order valence-corrected chi connectivity index (χ0v) is 15.6. The van der Waals surface area contributed by atoms with E-state index in [0.717, 1.165) is 5.69 Å². The molecule has 1 aromatic heterocycles. The molecule has 5 nitrogen and oxygen atoms in total. The summed E-state index contributed by atoms with van der Waals surface area (Å²) in [5.41, 5.74) is 1.30. The van der Waals surface area contributed by atoms with Crippen LogP contribution in [0.5, 0.6) is 11.5 Å². The molecule has 0 radical (unpaired) electrons. The van der Waals surface area contributed by atoms with Gasteiger partial charge in [0.1, 0.15) is 22.1 Å². The number of hydrogen-bond donors (Lipinski definition) is 1. The van der Waals surface area contributed by atoms with Crippen LogP contribution < -0.4 is 14.8 Å². The van der Waals surface area contributed by atoms with Gasteiger partial charge in [-0.3, -0.25) is 4.79 Å². The second-order valence-electron chi connectivity index (χ2n) is 6.28. The van der Waals surface area contributed by atoms with E-state index in [4.69, 9.17) is 9.47 Å². The third-order valence-corrected chi connectivity index (χ3v) is 4.03. The van der Waals surface area contributed by atoms with E-state index in [1.165, 1.54) is 11.5 Å². The van der Waals surface area contributed by atoms with E-state index in [9.17, 15) is 4.79 Å². The van der Waals surface area contributed by atoms with E-state index in [0.29, 0.717) is 35.3 Å². The second-order valence-corrected chi connectivity index (χ2v) is 7.08. The number of aromatic nitrogens is 1. The Kier molecular flexibility index (Phi) is 5.83. The van der Waals surface area contributed by atoms with E-state index < -0.39 is 0 Å². The molecule has 24 heavy (non-hydrogen) atoms. The van der Waals surface area contributed by atoms with Gasteiger partial charge in [-0.05, 0) is 43.6 Å². The lowest BCUT2D eigenvalue weighted by atomic mass is 9.92. The lowest BCUT2D eigenvalue weighted by molar-refractivity contribution is 0.101. The van der Waals surface area contributed by atoms with Crippen LogP contribution in [-0.2, 0) is 5.41 Å². The van der Waals surface area contributed by atoms with Gasteiger partial charge in [-0.2, -0.15) is 4.37 Å². The first kappa shape index (κ1) is 18.3. The van der Waals surface area contributed by atoms with Crippen LogP contribution in [0, 0.1) is 0 Å². The van der Waals surface area contributed by atoms with Gasteiger partial charge in [-0.15, -0.1) is 0 Å². The number of nitrogens with one attached hydrogen (secondary N) is 1. The van der Waals surface area contributed by atoms with Crippen molar-refractivity contribution in [1.82, 2.24) is 4.37 Å². The largest absolute Gasteiger partial charge is 0.493 e. The van der Waals surface area contributed by atoms with Gasteiger partial charge in [0.2, 0.25) is 0 Å². The standard InChI is InChI=1S/C18H24N2O3S/c1-6-22-12-9-8-10-13(23-7-2)16(12)17(21)19-15-11-14(20-24-15)18(3,4)5/h8-11H,6-7H2,1-5H3,(H,19,21). The first-order valence-electron chi connectivity index (χ1n) is 8.04. The minimum absolute atomic E-state index is 0.0564. The van der Waals surface area contributed by atoms with Crippen LogP contribution in [0.1, 0.15) is 50.7 Å². The fourth-order valence-corrected chi connectivity index (χ4v) is 2.97. The lowest BCUT2D eigenvalue weighted by Crippen LogP contribution is -2.15. The van der Waals surface area contributed by atoms with E-state index in [2.05, 4.69) is 30.5 Å². The number of carbonyl (C=O) groups is 1. The summed E-state index contributed by atoms with van der Waals surface area (Å²) < 4.78 is 15.6. The second kappa shape index (κ2) is 7.66. The molecule has 2 rings (SSSR count). The van der Waals surface area contributed by atoms with Crippen LogP contribution in [0.3, 0.4) is 0 Å². The number of benzene rings is 1. The first-order valence-corrected chi connectivity index (χ1v) is 8.81. The molecule has 0 aliphatic carbocycles. The van der Waals surface area contributed by atoms with E-state index in [1.54, 1.807) is 12.1 Å². The van der Waals surface area contributed by atoms with Gasteiger partial charge >= 0.3 is 0 Å². The van der Waals surface area contributed by atoms with Gasteiger partial charge in [0, 0.05) is 5.41 Å². The Labute approximate surface area is 147 Å². The van der Waals surface area contributed by atoms with Gasteiger partial charge in [0.25, 0.3) is 5.91 Å². The number of nitrogens with zero attached hydrogens (tertiary/aromatic N) is 1. The van der Waals surface area contributed by atoms with Crippen molar-refractivity contribution in [1.29, 1.82) is 0 Å². The van der Waals surface area contributed by atoms with Crippen molar-refractivity contribution in [2.75, 3.05) is 18.5 Å². The van der Waals surface area contributed by atoms with Crippen molar-refractivity contribution in [2.24, 2.45) is 0 Å². The third kappa shape index (κ3) is 4.26. The third-order valence-electron chi connectivity index (χ3n) is 3.33. The number of carbonyl (C=O) groups excluding carboxylic acids is 1. The number of rotatable bonds is 6. The van der Waals surface area contributed by atoms with Crippen LogP contribution in [-0.4, -0.2) is 23.5 Å². The molecule has 0 saturated carbocycles. The van der Waals surface area contributed by atoms with Crippen molar-refractivity contribution in [3.63, 3.8) is 0 Å². The average molecular weight is 348 g/mol. The lowest BCUT2D eigenvalue weighted by Gasteiger charge is -2.15. The van der Waals surface area contributed by atoms with Crippen LogP contribution in [0.2, 0.25) is 0 Å². The van der Waals surface area contributed by atoms with Crippen LogP contribution in [0.15, 0.2) is 24.3 Å². The molecule has 1 N–H and O–H groups in total. The summed E-state index contributed by atoms with van der Waals surface area (Å²) in [5, 5.41) is 3.61. The Morgan fingerprint density at radius 1 is 1.17 bits per heavy atom. The molecule has 0 saturated heterocycles. The normalized spacial score (nSPS) is 11.2. The maximum absolute atomic E-state index is 12.8. The van der Waals surface area contributed by atoms with Crippen molar-refractivity contribution >= 4 is 22.4 Å². The molecule has 1 heterocycles.